The molecule has 0 heterocycles. The van der Waals surface area contributed by atoms with E-state index in [-0.39, 0.29) is 19.0 Å². The van der Waals surface area contributed by atoms with Crippen molar-refractivity contribution in [3.63, 3.8) is 0 Å². The normalized spacial score (nSPS) is 18.7. The zero-order valence-electron chi connectivity index (χ0n) is 15.2. The van der Waals surface area contributed by atoms with Crippen LogP contribution in [0.1, 0.15) is 48.5 Å². The molecule has 0 aromatic heterocycles. The highest BCUT2D eigenvalue weighted by molar-refractivity contribution is 5.98. The molecule has 0 aliphatic heterocycles. The topological polar surface area (TPSA) is 96.8 Å². The number of hydrogen-bond donors (Lipinski definition) is 2. The fourth-order valence-electron chi connectivity index (χ4n) is 1.85. The van der Waals surface area contributed by atoms with Gasteiger partial charge in [-0.2, -0.15) is 4.94 Å². The van der Waals surface area contributed by atoms with Crippen LogP contribution < -0.4 is 11.5 Å². The Balaban J connectivity index is 5.02. The maximum absolute atomic E-state index is 12.2. The van der Waals surface area contributed by atoms with Crippen molar-refractivity contribution in [1.29, 1.82) is 0 Å². The predicted octanol–water partition coefficient (Wildman–Crippen LogP) is 2.02. The first-order valence-electron chi connectivity index (χ1n) is 7.53. The summed E-state index contributed by atoms with van der Waals surface area (Å²) in [5.74, 6) is -0.270. The summed E-state index contributed by atoms with van der Waals surface area (Å²) in [5, 5.41) is 0. The van der Waals surface area contributed by atoms with E-state index >= 15 is 0 Å². The van der Waals surface area contributed by atoms with Gasteiger partial charge in [0, 0.05) is 0 Å². The van der Waals surface area contributed by atoms with Crippen molar-refractivity contribution < 1.29 is 23.7 Å². The Kier molecular flexibility index (Phi) is 7.52. The molecule has 136 valence electrons. The van der Waals surface area contributed by atoms with Crippen molar-refractivity contribution in [1.82, 2.24) is 0 Å². The lowest BCUT2D eigenvalue weighted by molar-refractivity contribution is -0.224. The highest BCUT2D eigenvalue weighted by Gasteiger charge is 2.47. The smallest absolute Gasteiger partial charge is 0.177 e. The monoisotopic (exact) mass is 334 g/mol. The SMILES string of the molecule is C/C=C/C(=O)C(C)(N)C(C)(C)OC(C)(N)COC(C)(C)COF. The summed E-state index contributed by atoms with van der Waals surface area (Å²) in [5.41, 5.74) is 7.85. The average Bonchev–Trinajstić information content (AvgIpc) is 2.35. The summed E-state index contributed by atoms with van der Waals surface area (Å²) >= 11 is 0. The van der Waals surface area contributed by atoms with Gasteiger partial charge in [0.2, 0.25) is 0 Å². The van der Waals surface area contributed by atoms with Crippen LogP contribution in [0.4, 0.5) is 4.53 Å². The third kappa shape index (κ3) is 6.64. The van der Waals surface area contributed by atoms with Crippen LogP contribution in [0, 0.1) is 0 Å². The molecule has 0 radical (unpaired) electrons. The zero-order valence-corrected chi connectivity index (χ0v) is 15.2. The predicted molar refractivity (Wildman–Crippen MR) is 87.3 cm³/mol. The van der Waals surface area contributed by atoms with Crippen molar-refractivity contribution in [2.75, 3.05) is 13.2 Å². The average molecular weight is 334 g/mol. The second-order valence-electron chi connectivity index (χ2n) is 7.29. The zero-order chi connectivity index (χ0) is 18.5. The first kappa shape index (κ1) is 22.1. The number of ketones is 1. The second-order valence-corrected chi connectivity index (χ2v) is 7.29. The summed E-state index contributed by atoms with van der Waals surface area (Å²) in [7, 11) is 0. The van der Waals surface area contributed by atoms with Crippen LogP contribution in [0.25, 0.3) is 0 Å². The van der Waals surface area contributed by atoms with Gasteiger partial charge in [0.15, 0.2) is 5.78 Å². The van der Waals surface area contributed by atoms with Crippen molar-refractivity contribution in [2.45, 2.75) is 70.9 Å². The van der Waals surface area contributed by atoms with Gasteiger partial charge in [-0.15, -0.1) is 0 Å². The third-order valence-corrected chi connectivity index (χ3v) is 3.72. The van der Waals surface area contributed by atoms with E-state index in [4.69, 9.17) is 20.9 Å². The standard InChI is InChI=1S/C16H31FN2O4/c1-8-9-12(20)16(7,19)14(4,5)23-15(6,18)11-21-13(2,3)10-22-17/h8-9H,10-11,18-19H2,1-7H3/b9-8+. The molecule has 0 saturated carbocycles. The molecular weight excluding hydrogens is 303 g/mol. The van der Waals surface area contributed by atoms with Crippen molar-refractivity contribution in [2.24, 2.45) is 11.5 Å². The number of nitrogens with two attached hydrogens (primary N) is 2. The van der Waals surface area contributed by atoms with Crippen molar-refractivity contribution in [3.05, 3.63) is 12.2 Å². The molecule has 2 atom stereocenters. The molecule has 0 rings (SSSR count). The highest BCUT2D eigenvalue weighted by atomic mass is 19.3. The molecule has 23 heavy (non-hydrogen) atoms. The molecular formula is C16H31FN2O4. The maximum atomic E-state index is 12.2. The molecule has 0 bridgehead atoms. The van der Waals surface area contributed by atoms with Crippen LogP contribution in [0.3, 0.4) is 0 Å². The fourth-order valence-corrected chi connectivity index (χ4v) is 1.85. The summed E-state index contributed by atoms with van der Waals surface area (Å²) in [6.07, 6.45) is 3.02. The number of carbonyl (C=O) groups excluding carboxylic acids is 1. The molecule has 6 nitrogen and oxygen atoms in total. The molecule has 0 amide bonds. The van der Waals surface area contributed by atoms with Crippen LogP contribution in [0.5, 0.6) is 0 Å². The Hall–Kier alpha value is -0.860. The number of carbonyl (C=O) groups is 1. The Bertz CT molecular complexity index is 432. The molecule has 0 aliphatic rings. The van der Waals surface area contributed by atoms with E-state index in [2.05, 4.69) is 4.94 Å². The fraction of sp³-hybridized carbons (Fsp3) is 0.812. The molecule has 4 N–H and O–H groups in total. The number of rotatable bonds is 10. The first-order chi connectivity index (χ1) is 10.2. The number of hydrogen-bond acceptors (Lipinski definition) is 6. The quantitative estimate of drug-likeness (QED) is 0.468. The highest BCUT2D eigenvalue weighted by Crippen LogP contribution is 2.29. The van der Waals surface area contributed by atoms with Crippen molar-refractivity contribution >= 4 is 5.78 Å². The van der Waals surface area contributed by atoms with Gasteiger partial charge >= 0.3 is 0 Å². The minimum Gasteiger partial charge on any atom is -0.369 e. The van der Waals surface area contributed by atoms with Gasteiger partial charge in [-0.25, -0.2) is 0 Å². The van der Waals surface area contributed by atoms with Gasteiger partial charge in [0.25, 0.3) is 0 Å². The van der Waals surface area contributed by atoms with E-state index in [1.807, 2.05) is 0 Å². The van der Waals surface area contributed by atoms with Crippen molar-refractivity contribution in [3.8, 4) is 0 Å². The molecule has 0 aliphatic carbocycles. The summed E-state index contributed by atoms with van der Waals surface area (Å²) < 4.78 is 23.4. The molecule has 0 fully saturated rings. The lowest BCUT2D eigenvalue weighted by Gasteiger charge is -2.44. The Morgan fingerprint density at radius 3 is 2.04 bits per heavy atom. The van der Waals surface area contributed by atoms with Crippen LogP contribution >= 0.6 is 0 Å². The first-order valence-corrected chi connectivity index (χ1v) is 7.53. The summed E-state index contributed by atoms with van der Waals surface area (Å²) in [6, 6.07) is 0. The Labute approximate surface area is 138 Å². The number of ether oxygens (including phenoxy) is 2. The molecule has 0 aromatic rings. The largest absolute Gasteiger partial charge is 0.369 e. The van der Waals surface area contributed by atoms with Crippen LogP contribution in [0.2, 0.25) is 0 Å². The Morgan fingerprint density at radius 1 is 1.09 bits per heavy atom. The lowest BCUT2D eigenvalue weighted by atomic mass is 9.80. The van der Waals surface area contributed by atoms with Crippen LogP contribution in [-0.2, 0) is 19.2 Å². The van der Waals surface area contributed by atoms with Crippen LogP contribution in [-0.4, -0.2) is 41.5 Å². The molecule has 0 saturated heterocycles. The minimum absolute atomic E-state index is 0.0271. The van der Waals surface area contributed by atoms with Gasteiger partial charge in [0.1, 0.15) is 17.9 Å². The molecule has 7 heteroatoms. The summed E-state index contributed by atoms with van der Waals surface area (Å²) in [6.45, 7) is 11.4. The van der Waals surface area contributed by atoms with E-state index in [9.17, 15) is 9.32 Å². The van der Waals surface area contributed by atoms with E-state index in [0.717, 1.165) is 0 Å². The van der Waals surface area contributed by atoms with Gasteiger partial charge in [0.05, 0.1) is 17.8 Å². The second kappa shape index (κ2) is 7.81. The summed E-state index contributed by atoms with van der Waals surface area (Å²) in [4.78, 5) is 15.8. The van der Waals surface area contributed by atoms with Gasteiger partial charge in [-0.3, -0.25) is 4.79 Å². The van der Waals surface area contributed by atoms with Crippen LogP contribution in [0.15, 0.2) is 12.2 Å². The Morgan fingerprint density at radius 2 is 1.61 bits per heavy atom. The minimum atomic E-state index is -1.28. The maximum Gasteiger partial charge on any atom is 0.177 e. The molecule has 2 unspecified atom stereocenters. The van der Waals surface area contributed by atoms with E-state index < -0.39 is 22.5 Å². The molecule has 0 aromatic carbocycles. The third-order valence-electron chi connectivity index (χ3n) is 3.72. The van der Waals surface area contributed by atoms with Gasteiger partial charge < -0.3 is 20.9 Å². The van der Waals surface area contributed by atoms with Gasteiger partial charge in [-0.05, 0) is 59.1 Å². The van der Waals surface area contributed by atoms with E-state index in [1.54, 1.807) is 54.5 Å². The van der Waals surface area contributed by atoms with E-state index in [0.29, 0.717) is 0 Å². The molecule has 0 spiro atoms. The number of halogens is 1. The number of allylic oxidation sites excluding steroid dienone is 1. The van der Waals surface area contributed by atoms with Gasteiger partial charge in [-0.1, -0.05) is 6.08 Å². The van der Waals surface area contributed by atoms with E-state index in [1.165, 1.54) is 6.08 Å². The lowest BCUT2D eigenvalue weighted by Crippen LogP contribution is -2.65.